The van der Waals surface area contributed by atoms with Crippen molar-refractivity contribution in [3.05, 3.63) is 35.4 Å². The van der Waals surface area contributed by atoms with Crippen LogP contribution in [0.2, 0.25) is 0 Å². The number of alkyl carbamates (subject to hydrolysis) is 1. The molecule has 0 saturated heterocycles. The first-order valence-electron chi connectivity index (χ1n) is 11.7. The number of ether oxygens (including phenoxy) is 2. The Morgan fingerprint density at radius 1 is 1.29 bits per heavy atom. The summed E-state index contributed by atoms with van der Waals surface area (Å²) in [5.41, 5.74) is 3.27. The number of hydrogen-bond donors (Lipinski definition) is 3. The number of nitrogens with zero attached hydrogens (tertiary/aromatic N) is 4. The molecule has 2 aliphatic rings. The van der Waals surface area contributed by atoms with E-state index in [2.05, 4.69) is 25.9 Å². The molecule has 2 fully saturated rings. The number of H-pyrrole nitrogens is 1. The first-order valence-corrected chi connectivity index (χ1v) is 11.7. The number of nitrogens with one attached hydrogen (secondary N) is 3. The van der Waals surface area contributed by atoms with Gasteiger partial charge in [-0.1, -0.05) is 0 Å². The minimum absolute atomic E-state index is 0.0659. The molecule has 34 heavy (non-hydrogen) atoms. The van der Waals surface area contributed by atoms with Crippen molar-refractivity contribution < 1.29 is 18.7 Å². The van der Waals surface area contributed by atoms with E-state index in [1.54, 1.807) is 13.2 Å². The van der Waals surface area contributed by atoms with Crippen LogP contribution in [0.3, 0.4) is 0 Å². The normalized spacial score (nSPS) is 22.4. The van der Waals surface area contributed by atoms with Crippen LogP contribution in [0.25, 0.3) is 5.52 Å². The van der Waals surface area contributed by atoms with Crippen molar-refractivity contribution in [2.24, 2.45) is 0 Å². The van der Waals surface area contributed by atoms with E-state index in [1.165, 1.54) is 0 Å². The Balaban J connectivity index is 1.32. The SMILES string of the molecule is COCc1cc2c(Nc3cc([C@@H]4CC[C@H](OC(=O)NC(C)C)[C@H]4F)[nH]n3)nc(C3CC3)cn2n1. The summed E-state index contributed by atoms with van der Waals surface area (Å²) in [6, 6.07) is 3.66. The lowest BCUT2D eigenvalue weighted by Crippen LogP contribution is -2.36. The van der Waals surface area contributed by atoms with Gasteiger partial charge in [-0.05, 0) is 45.6 Å². The molecule has 0 spiro atoms. The van der Waals surface area contributed by atoms with Crippen LogP contribution in [-0.4, -0.2) is 56.3 Å². The molecule has 182 valence electrons. The van der Waals surface area contributed by atoms with E-state index in [4.69, 9.17) is 14.5 Å². The maximum atomic E-state index is 15.1. The van der Waals surface area contributed by atoms with Gasteiger partial charge in [0, 0.05) is 36.7 Å². The lowest BCUT2D eigenvalue weighted by molar-refractivity contribution is 0.0555. The average molecular weight is 472 g/mol. The van der Waals surface area contributed by atoms with Gasteiger partial charge in [0.05, 0.1) is 24.2 Å². The fourth-order valence-electron chi connectivity index (χ4n) is 4.44. The van der Waals surface area contributed by atoms with E-state index in [-0.39, 0.29) is 6.04 Å². The Kier molecular flexibility index (Phi) is 6.11. The zero-order valence-corrected chi connectivity index (χ0v) is 19.5. The van der Waals surface area contributed by atoms with Crippen molar-refractivity contribution in [3.63, 3.8) is 0 Å². The van der Waals surface area contributed by atoms with Crippen molar-refractivity contribution in [1.29, 1.82) is 0 Å². The standard InChI is InChI=1S/C23H30FN7O3/c1-12(2)25-23(32)34-19-7-6-15(21(19)24)16-9-20(29-28-16)27-22-18-8-14(11-33-3)30-31(18)10-17(26-22)13-4-5-13/h8-10,12-13,15,19,21H,4-7,11H2,1-3H3,(H,25,32)(H2,26,27,28,29)/t15-,19-,21-/m0/s1. The maximum absolute atomic E-state index is 15.1. The van der Waals surface area contributed by atoms with Gasteiger partial charge < -0.3 is 20.1 Å². The van der Waals surface area contributed by atoms with Crippen molar-refractivity contribution in [2.75, 3.05) is 12.4 Å². The van der Waals surface area contributed by atoms with Gasteiger partial charge in [0.1, 0.15) is 17.8 Å². The van der Waals surface area contributed by atoms with Gasteiger partial charge in [-0.2, -0.15) is 10.2 Å². The third-order valence-corrected chi connectivity index (χ3v) is 6.22. The summed E-state index contributed by atoms with van der Waals surface area (Å²) in [4.78, 5) is 16.7. The number of halogens is 1. The number of fused-ring (bicyclic) bond motifs is 1. The van der Waals surface area contributed by atoms with Crippen LogP contribution >= 0.6 is 0 Å². The van der Waals surface area contributed by atoms with Crippen molar-refractivity contribution in [2.45, 2.75) is 76.3 Å². The van der Waals surface area contributed by atoms with Gasteiger partial charge >= 0.3 is 6.09 Å². The van der Waals surface area contributed by atoms with Crippen LogP contribution in [0.15, 0.2) is 18.3 Å². The molecular weight excluding hydrogens is 441 g/mol. The summed E-state index contributed by atoms with van der Waals surface area (Å²) in [7, 11) is 1.63. The molecule has 3 heterocycles. The zero-order chi connectivity index (χ0) is 23.8. The van der Waals surface area contributed by atoms with Gasteiger partial charge in [-0.25, -0.2) is 18.7 Å². The molecule has 3 N–H and O–H groups in total. The Labute approximate surface area is 196 Å². The first-order chi connectivity index (χ1) is 16.4. The Hall–Kier alpha value is -3.21. The highest BCUT2D eigenvalue weighted by atomic mass is 19.1. The maximum Gasteiger partial charge on any atom is 0.407 e. The number of hydrogen-bond acceptors (Lipinski definition) is 7. The molecule has 3 aromatic heterocycles. The highest BCUT2D eigenvalue weighted by Gasteiger charge is 2.41. The molecule has 10 nitrogen and oxygen atoms in total. The summed E-state index contributed by atoms with van der Waals surface area (Å²) in [5, 5.41) is 17.8. The Bertz CT molecular complexity index is 1170. The van der Waals surface area contributed by atoms with Gasteiger partial charge in [-0.3, -0.25) is 5.10 Å². The summed E-state index contributed by atoms with van der Waals surface area (Å²) >= 11 is 0. The van der Waals surface area contributed by atoms with Crippen LogP contribution in [0.1, 0.15) is 68.4 Å². The van der Waals surface area contributed by atoms with Crippen LogP contribution in [-0.2, 0) is 16.1 Å². The number of carbonyl (C=O) groups is 1. The van der Waals surface area contributed by atoms with Crippen LogP contribution in [0, 0.1) is 0 Å². The summed E-state index contributed by atoms with van der Waals surface area (Å²) < 4.78 is 27.4. The lowest BCUT2D eigenvalue weighted by Gasteiger charge is -2.18. The minimum Gasteiger partial charge on any atom is -0.443 e. The fraction of sp³-hybridized carbons (Fsp3) is 0.565. The third kappa shape index (κ3) is 4.70. The molecule has 2 aliphatic carbocycles. The van der Waals surface area contributed by atoms with Crippen molar-refractivity contribution in [1.82, 2.24) is 30.1 Å². The molecule has 3 aromatic rings. The molecule has 0 aromatic carbocycles. The number of anilines is 2. The molecule has 0 aliphatic heterocycles. The Morgan fingerprint density at radius 2 is 2.12 bits per heavy atom. The molecule has 5 rings (SSSR count). The highest BCUT2D eigenvalue weighted by molar-refractivity contribution is 5.73. The molecule has 0 radical (unpaired) electrons. The average Bonchev–Trinajstić information content (AvgIpc) is 3.24. The van der Waals surface area contributed by atoms with E-state index in [0.717, 1.165) is 29.7 Å². The van der Waals surface area contributed by atoms with E-state index in [0.29, 0.717) is 42.7 Å². The predicted octanol–water partition coefficient (Wildman–Crippen LogP) is 3.94. The van der Waals surface area contributed by atoms with Crippen molar-refractivity contribution in [3.8, 4) is 0 Å². The number of alkyl halides is 1. The molecule has 0 bridgehead atoms. The van der Waals surface area contributed by atoms with Gasteiger partial charge in [0.25, 0.3) is 0 Å². The Morgan fingerprint density at radius 3 is 2.85 bits per heavy atom. The van der Waals surface area contributed by atoms with Crippen LogP contribution < -0.4 is 10.6 Å². The molecular formula is C23H30FN7O3. The van der Waals surface area contributed by atoms with Gasteiger partial charge in [-0.15, -0.1) is 0 Å². The van der Waals surface area contributed by atoms with Crippen LogP contribution in [0.5, 0.6) is 0 Å². The quantitative estimate of drug-likeness (QED) is 0.455. The molecule has 3 atom stereocenters. The number of methoxy groups -OCH3 is 1. The highest BCUT2D eigenvalue weighted by Crippen LogP contribution is 2.41. The van der Waals surface area contributed by atoms with Crippen LogP contribution in [0.4, 0.5) is 20.8 Å². The largest absolute Gasteiger partial charge is 0.443 e. The molecule has 1 amide bonds. The molecule has 11 heteroatoms. The second-order valence-corrected chi connectivity index (χ2v) is 9.39. The minimum atomic E-state index is -1.30. The first kappa shape index (κ1) is 22.6. The summed E-state index contributed by atoms with van der Waals surface area (Å²) in [6.45, 7) is 4.07. The third-order valence-electron chi connectivity index (χ3n) is 6.22. The number of aromatic nitrogens is 5. The van der Waals surface area contributed by atoms with E-state index in [9.17, 15) is 4.79 Å². The predicted molar refractivity (Wildman–Crippen MR) is 123 cm³/mol. The zero-order valence-electron chi connectivity index (χ0n) is 19.5. The van der Waals surface area contributed by atoms with E-state index in [1.807, 2.05) is 30.6 Å². The van der Waals surface area contributed by atoms with E-state index < -0.39 is 24.3 Å². The summed E-state index contributed by atoms with van der Waals surface area (Å²) in [5.74, 6) is 1.22. The second kappa shape index (κ2) is 9.21. The number of aromatic amines is 1. The topological polar surface area (TPSA) is 118 Å². The molecule has 2 saturated carbocycles. The van der Waals surface area contributed by atoms with Crippen molar-refractivity contribution >= 4 is 23.2 Å². The smallest absolute Gasteiger partial charge is 0.407 e. The number of rotatable bonds is 8. The van der Waals surface area contributed by atoms with E-state index >= 15 is 4.39 Å². The molecule has 0 unspecified atom stereocenters. The monoisotopic (exact) mass is 471 g/mol. The fourth-order valence-corrected chi connectivity index (χ4v) is 4.44. The number of carbonyl (C=O) groups excluding carboxylic acids is 1. The summed E-state index contributed by atoms with van der Waals surface area (Å²) in [6.07, 6.45) is 2.56. The number of amides is 1. The van der Waals surface area contributed by atoms with Gasteiger partial charge in [0.2, 0.25) is 0 Å². The lowest BCUT2D eigenvalue weighted by atomic mass is 10.0. The second-order valence-electron chi connectivity index (χ2n) is 9.39. The van der Waals surface area contributed by atoms with Gasteiger partial charge in [0.15, 0.2) is 11.6 Å².